The lowest BCUT2D eigenvalue weighted by atomic mass is 9.96. The number of imide groups is 1. The second kappa shape index (κ2) is 10.3. The lowest BCUT2D eigenvalue weighted by Gasteiger charge is -2.29. The molecule has 168 valence electrons. The van der Waals surface area contributed by atoms with E-state index in [0.29, 0.717) is 17.8 Å². The molecule has 0 aromatic heterocycles. The van der Waals surface area contributed by atoms with E-state index in [2.05, 4.69) is 6.08 Å². The summed E-state index contributed by atoms with van der Waals surface area (Å²) < 4.78 is 0. The van der Waals surface area contributed by atoms with Gasteiger partial charge >= 0.3 is 0 Å². The fourth-order valence-corrected chi connectivity index (χ4v) is 4.54. The van der Waals surface area contributed by atoms with Crippen LogP contribution < -0.4 is 4.90 Å². The average Bonchev–Trinajstić information content (AvgIpc) is 3.14. The first-order valence-electron chi connectivity index (χ1n) is 11.4. The zero-order valence-electron chi connectivity index (χ0n) is 18.6. The molecule has 4 rings (SSSR count). The van der Waals surface area contributed by atoms with E-state index in [9.17, 15) is 14.4 Å². The lowest BCUT2D eigenvalue weighted by Crippen LogP contribution is -2.46. The normalized spacial score (nSPS) is 18.1. The van der Waals surface area contributed by atoms with Crippen LogP contribution in [0.2, 0.25) is 0 Å². The Hall–Kier alpha value is -3.72. The minimum Gasteiger partial charge on any atom is -0.329 e. The Kier molecular flexibility index (Phi) is 6.99. The molecule has 1 saturated heterocycles. The standard InChI is InChI=1S/C27H27N3O3/c28-19-22-11-13-23(14-12-22)30-26(32)18-24(27(30)33)29(16-15-20-7-3-1-4-8-20)25(31)17-21-9-5-2-6-10-21/h2,5-7,9-14,24H,1,3-4,8,15-18H2. The molecule has 6 nitrogen and oxygen atoms in total. The van der Waals surface area contributed by atoms with E-state index in [1.807, 2.05) is 36.4 Å². The number of amides is 3. The van der Waals surface area contributed by atoms with Gasteiger partial charge in [-0.3, -0.25) is 14.4 Å². The van der Waals surface area contributed by atoms with Gasteiger partial charge in [0, 0.05) is 6.54 Å². The van der Waals surface area contributed by atoms with Crippen molar-refractivity contribution in [3.63, 3.8) is 0 Å². The van der Waals surface area contributed by atoms with E-state index in [-0.39, 0.29) is 30.6 Å². The Morgan fingerprint density at radius 1 is 1.06 bits per heavy atom. The Morgan fingerprint density at radius 3 is 2.48 bits per heavy atom. The number of carbonyl (C=O) groups excluding carboxylic acids is 3. The van der Waals surface area contributed by atoms with Crippen molar-refractivity contribution in [1.82, 2.24) is 4.90 Å². The Bertz CT molecular complexity index is 1100. The monoisotopic (exact) mass is 441 g/mol. The molecular weight excluding hydrogens is 414 g/mol. The minimum atomic E-state index is -0.812. The molecule has 2 aliphatic rings. The number of allylic oxidation sites excluding steroid dienone is 1. The lowest BCUT2D eigenvalue weighted by molar-refractivity contribution is -0.137. The summed E-state index contributed by atoms with van der Waals surface area (Å²) in [6.07, 6.45) is 7.54. The first-order chi connectivity index (χ1) is 16.1. The third-order valence-electron chi connectivity index (χ3n) is 6.33. The molecule has 0 spiro atoms. The molecule has 1 fully saturated rings. The largest absolute Gasteiger partial charge is 0.329 e. The zero-order valence-corrected chi connectivity index (χ0v) is 18.6. The van der Waals surface area contributed by atoms with E-state index in [0.717, 1.165) is 36.1 Å². The molecule has 2 aromatic carbocycles. The fraction of sp³-hybridized carbons (Fsp3) is 0.333. The van der Waals surface area contributed by atoms with E-state index in [4.69, 9.17) is 5.26 Å². The third-order valence-corrected chi connectivity index (χ3v) is 6.33. The molecule has 1 aliphatic heterocycles. The van der Waals surface area contributed by atoms with Crippen LogP contribution in [0.5, 0.6) is 0 Å². The summed E-state index contributed by atoms with van der Waals surface area (Å²) in [5.41, 5.74) is 3.08. The zero-order chi connectivity index (χ0) is 23.2. The smallest absolute Gasteiger partial charge is 0.257 e. The summed E-state index contributed by atoms with van der Waals surface area (Å²) >= 11 is 0. The maximum atomic E-state index is 13.4. The average molecular weight is 442 g/mol. The molecule has 0 bridgehead atoms. The molecule has 33 heavy (non-hydrogen) atoms. The van der Waals surface area contributed by atoms with Gasteiger partial charge in [-0.25, -0.2) is 4.90 Å². The molecule has 0 saturated carbocycles. The number of carbonyl (C=O) groups is 3. The number of rotatable bonds is 7. The molecule has 1 heterocycles. The number of benzene rings is 2. The third kappa shape index (κ3) is 5.20. The van der Waals surface area contributed by atoms with Gasteiger partial charge in [0.15, 0.2) is 0 Å². The van der Waals surface area contributed by atoms with Crippen LogP contribution in [0.1, 0.15) is 49.7 Å². The fourth-order valence-electron chi connectivity index (χ4n) is 4.54. The Morgan fingerprint density at radius 2 is 1.82 bits per heavy atom. The summed E-state index contributed by atoms with van der Waals surface area (Å²) in [4.78, 5) is 42.3. The second-order valence-electron chi connectivity index (χ2n) is 8.55. The molecule has 0 N–H and O–H groups in total. The highest BCUT2D eigenvalue weighted by molar-refractivity contribution is 6.23. The second-order valence-corrected chi connectivity index (χ2v) is 8.55. The van der Waals surface area contributed by atoms with Crippen molar-refractivity contribution < 1.29 is 14.4 Å². The number of nitriles is 1. The van der Waals surface area contributed by atoms with Crippen molar-refractivity contribution in [2.75, 3.05) is 11.4 Å². The van der Waals surface area contributed by atoms with Crippen LogP contribution in [0.3, 0.4) is 0 Å². The molecule has 1 aliphatic carbocycles. The van der Waals surface area contributed by atoms with Gasteiger partial charge in [-0.1, -0.05) is 42.0 Å². The summed E-state index contributed by atoms with van der Waals surface area (Å²) in [7, 11) is 0. The molecule has 1 unspecified atom stereocenters. The highest BCUT2D eigenvalue weighted by atomic mass is 16.2. The predicted molar refractivity (Wildman–Crippen MR) is 125 cm³/mol. The molecule has 0 radical (unpaired) electrons. The van der Waals surface area contributed by atoms with Crippen LogP contribution in [0.25, 0.3) is 0 Å². The number of nitrogens with zero attached hydrogens (tertiary/aromatic N) is 3. The maximum Gasteiger partial charge on any atom is 0.257 e. The van der Waals surface area contributed by atoms with Crippen molar-refractivity contribution in [3.8, 4) is 6.07 Å². The van der Waals surface area contributed by atoms with Crippen molar-refractivity contribution in [2.45, 2.75) is 51.0 Å². The van der Waals surface area contributed by atoms with E-state index in [1.54, 1.807) is 29.2 Å². The minimum absolute atomic E-state index is 0.0294. The van der Waals surface area contributed by atoms with Crippen LogP contribution in [0, 0.1) is 11.3 Å². The number of hydrogen-bond acceptors (Lipinski definition) is 4. The van der Waals surface area contributed by atoms with Gasteiger partial charge in [0.05, 0.1) is 30.2 Å². The number of anilines is 1. The van der Waals surface area contributed by atoms with Crippen LogP contribution in [-0.4, -0.2) is 35.2 Å². The van der Waals surface area contributed by atoms with Gasteiger partial charge in [-0.05, 0) is 61.9 Å². The highest BCUT2D eigenvalue weighted by Gasteiger charge is 2.44. The van der Waals surface area contributed by atoms with Gasteiger partial charge in [0.2, 0.25) is 11.8 Å². The van der Waals surface area contributed by atoms with Crippen LogP contribution in [0.4, 0.5) is 5.69 Å². The SMILES string of the molecule is N#Cc1ccc(N2C(=O)CC(N(CCC3=CCCCC3)C(=O)Cc3ccccc3)C2=O)cc1. The number of hydrogen-bond donors (Lipinski definition) is 0. The van der Waals surface area contributed by atoms with Gasteiger partial charge in [0.1, 0.15) is 6.04 Å². The highest BCUT2D eigenvalue weighted by Crippen LogP contribution is 2.28. The van der Waals surface area contributed by atoms with Crippen LogP contribution >= 0.6 is 0 Å². The van der Waals surface area contributed by atoms with Crippen molar-refractivity contribution in [1.29, 1.82) is 5.26 Å². The van der Waals surface area contributed by atoms with Gasteiger partial charge < -0.3 is 4.90 Å². The first-order valence-corrected chi connectivity index (χ1v) is 11.4. The van der Waals surface area contributed by atoms with E-state index in [1.165, 1.54) is 12.0 Å². The molecular formula is C27H27N3O3. The van der Waals surface area contributed by atoms with Gasteiger partial charge in [-0.2, -0.15) is 5.26 Å². The van der Waals surface area contributed by atoms with Crippen molar-refractivity contribution in [2.24, 2.45) is 0 Å². The Labute approximate surface area is 194 Å². The molecule has 1 atom stereocenters. The van der Waals surface area contributed by atoms with E-state index < -0.39 is 6.04 Å². The molecule has 6 heteroatoms. The van der Waals surface area contributed by atoms with Gasteiger partial charge in [-0.15, -0.1) is 0 Å². The summed E-state index contributed by atoms with van der Waals surface area (Å²) in [6.45, 7) is 0.419. The van der Waals surface area contributed by atoms with E-state index >= 15 is 0 Å². The van der Waals surface area contributed by atoms with Crippen molar-refractivity contribution in [3.05, 3.63) is 77.4 Å². The molecule has 2 aromatic rings. The van der Waals surface area contributed by atoms with Crippen LogP contribution in [-0.2, 0) is 20.8 Å². The Balaban J connectivity index is 1.56. The summed E-state index contributed by atoms with van der Waals surface area (Å²) in [5.74, 6) is -0.863. The maximum absolute atomic E-state index is 13.4. The topological polar surface area (TPSA) is 81.5 Å². The quantitative estimate of drug-likeness (QED) is 0.477. The first kappa shape index (κ1) is 22.5. The predicted octanol–water partition coefficient (Wildman–Crippen LogP) is 4.15. The summed E-state index contributed by atoms with van der Waals surface area (Å²) in [5, 5.41) is 9.02. The van der Waals surface area contributed by atoms with Crippen molar-refractivity contribution >= 4 is 23.4 Å². The van der Waals surface area contributed by atoms with Crippen LogP contribution in [0.15, 0.2) is 66.2 Å². The van der Waals surface area contributed by atoms with Gasteiger partial charge in [0.25, 0.3) is 5.91 Å². The molecule has 3 amide bonds. The summed E-state index contributed by atoms with van der Waals surface area (Å²) in [6, 6.07) is 17.0.